The minimum atomic E-state index is 0.127. The van der Waals surface area contributed by atoms with Crippen molar-refractivity contribution in [1.29, 1.82) is 0 Å². The van der Waals surface area contributed by atoms with E-state index < -0.39 is 0 Å². The molecule has 3 heteroatoms. The molecule has 2 nitrogen and oxygen atoms in total. The van der Waals surface area contributed by atoms with Crippen molar-refractivity contribution in [3.63, 3.8) is 0 Å². The summed E-state index contributed by atoms with van der Waals surface area (Å²) < 4.78 is 0. The quantitative estimate of drug-likeness (QED) is 0.496. The molecule has 0 unspecified atom stereocenters. The Labute approximate surface area is 52.6 Å². The zero-order valence-electron chi connectivity index (χ0n) is 4.16. The number of allylic oxidation sites excluding steroid dienone is 1. The minimum Gasteiger partial charge on any atom is -0.505 e. The average Bonchev–Trinajstić information content (AvgIpc) is 1.77. The molecule has 8 heavy (non-hydrogen) atoms. The van der Waals surface area contributed by atoms with Gasteiger partial charge in [-0.3, -0.25) is 4.99 Å². The zero-order chi connectivity index (χ0) is 5.98. The van der Waals surface area contributed by atoms with Crippen molar-refractivity contribution in [1.82, 2.24) is 0 Å². The normalized spacial score (nSPS) is 18.5. The first kappa shape index (κ1) is 5.44. The first-order valence-electron chi connectivity index (χ1n) is 2.24. The number of aliphatic hydroxyl groups excluding tert-OH is 1. The van der Waals surface area contributed by atoms with Crippen molar-refractivity contribution in [2.24, 2.45) is 4.99 Å². The zero-order valence-corrected chi connectivity index (χ0v) is 4.98. The Hall–Kier alpha value is -0.700. The Balaban J connectivity index is 2.80. The lowest BCUT2D eigenvalue weighted by Crippen LogP contribution is -2.02. The molecule has 1 N–H and O–H groups in total. The predicted molar refractivity (Wildman–Crippen MR) is 36.4 cm³/mol. The Morgan fingerprint density at radius 3 is 2.88 bits per heavy atom. The molecule has 0 amide bonds. The van der Waals surface area contributed by atoms with Gasteiger partial charge in [-0.15, -0.1) is 0 Å². The van der Waals surface area contributed by atoms with Gasteiger partial charge in [0.15, 0.2) is 0 Å². The van der Waals surface area contributed by atoms with Gasteiger partial charge in [0.25, 0.3) is 0 Å². The second-order valence-corrected chi connectivity index (χ2v) is 1.97. The summed E-state index contributed by atoms with van der Waals surface area (Å²) in [5.74, 6) is 0.127. The van der Waals surface area contributed by atoms with Crippen LogP contribution in [0.2, 0.25) is 0 Å². The van der Waals surface area contributed by atoms with Gasteiger partial charge in [-0.25, -0.2) is 0 Å². The van der Waals surface area contributed by atoms with Crippen molar-refractivity contribution in [3.05, 3.63) is 12.0 Å². The highest BCUT2D eigenvalue weighted by molar-refractivity contribution is 7.80. The Kier molecular flexibility index (Phi) is 1.39. The summed E-state index contributed by atoms with van der Waals surface area (Å²) in [6.07, 6.45) is 3.62. The van der Waals surface area contributed by atoms with E-state index in [0.717, 1.165) is 0 Å². The summed E-state index contributed by atoms with van der Waals surface area (Å²) >= 11 is 4.72. The fraction of sp³-hybridized carbons (Fsp3) is 0.200. The van der Waals surface area contributed by atoms with Crippen LogP contribution < -0.4 is 0 Å². The van der Waals surface area contributed by atoms with Crippen molar-refractivity contribution >= 4 is 23.3 Å². The Morgan fingerprint density at radius 2 is 2.50 bits per heavy atom. The summed E-state index contributed by atoms with van der Waals surface area (Å²) in [6, 6.07) is 0. The van der Waals surface area contributed by atoms with Crippen LogP contribution in [0.15, 0.2) is 17.0 Å². The molecular formula is C5H5NOS. The van der Waals surface area contributed by atoms with E-state index in [2.05, 4.69) is 4.99 Å². The van der Waals surface area contributed by atoms with Gasteiger partial charge in [-0.1, -0.05) is 12.2 Å². The predicted octanol–water partition coefficient (Wildman–Crippen LogP) is 1.23. The first-order chi connectivity index (χ1) is 3.80. The van der Waals surface area contributed by atoms with E-state index in [1.165, 1.54) is 6.20 Å². The molecule has 0 fully saturated rings. The fourth-order valence-electron chi connectivity index (χ4n) is 0.435. The van der Waals surface area contributed by atoms with Crippen LogP contribution in [0, 0.1) is 0 Å². The van der Waals surface area contributed by atoms with Crippen molar-refractivity contribution in [2.45, 2.75) is 6.42 Å². The molecule has 0 radical (unpaired) electrons. The lowest BCUT2D eigenvalue weighted by molar-refractivity contribution is 0.442. The van der Waals surface area contributed by atoms with Crippen LogP contribution in [-0.2, 0) is 0 Å². The molecule has 1 rings (SSSR count). The van der Waals surface area contributed by atoms with E-state index >= 15 is 0 Å². The number of nitrogens with zero attached hydrogens (tertiary/aromatic N) is 1. The van der Waals surface area contributed by atoms with Gasteiger partial charge in [0.05, 0.1) is 11.1 Å². The molecule has 0 saturated carbocycles. The van der Waals surface area contributed by atoms with Crippen LogP contribution in [0.5, 0.6) is 0 Å². The standard InChI is InChI=1S/C5H5NOS/c7-4-3-6-2-1-5(4)8/h2-3,7H,1H2. The third kappa shape index (κ3) is 0.924. The highest BCUT2D eigenvalue weighted by atomic mass is 32.1. The first-order valence-corrected chi connectivity index (χ1v) is 2.65. The van der Waals surface area contributed by atoms with Gasteiger partial charge in [0.1, 0.15) is 5.76 Å². The molecule has 0 aromatic heterocycles. The molecule has 0 saturated heterocycles. The highest BCUT2D eigenvalue weighted by Gasteiger charge is 2.02. The van der Waals surface area contributed by atoms with Gasteiger partial charge < -0.3 is 5.11 Å². The van der Waals surface area contributed by atoms with E-state index in [1.54, 1.807) is 6.21 Å². The maximum absolute atomic E-state index is 8.78. The van der Waals surface area contributed by atoms with Gasteiger partial charge in [-0.2, -0.15) is 0 Å². The molecule has 0 bridgehead atoms. The van der Waals surface area contributed by atoms with Gasteiger partial charge in [-0.05, 0) is 0 Å². The molecule has 0 aliphatic carbocycles. The van der Waals surface area contributed by atoms with Gasteiger partial charge >= 0.3 is 0 Å². The summed E-state index contributed by atoms with van der Waals surface area (Å²) in [5.41, 5.74) is 0. The summed E-state index contributed by atoms with van der Waals surface area (Å²) in [6.45, 7) is 0. The number of aliphatic hydroxyl groups is 1. The van der Waals surface area contributed by atoms with E-state index in [4.69, 9.17) is 17.3 Å². The van der Waals surface area contributed by atoms with E-state index in [9.17, 15) is 0 Å². The number of rotatable bonds is 0. The molecule has 42 valence electrons. The second-order valence-electron chi connectivity index (χ2n) is 1.47. The number of aliphatic imine (C=N–C) groups is 1. The minimum absolute atomic E-state index is 0.127. The number of hydrogen-bond acceptors (Lipinski definition) is 3. The molecule has 0 atom stereocenters. The second kappa shape index (κ2) is 2.05. The molecular weight excluding hydrogens is 122 g/mol. The lowest BCUT2D eigenvalue weighted by Gasteiger charge is -1.99. The Bertz CT molecular complexity index is 171. The SMILES string of the molecule is OC1=CN=CCC1=S. The van der Waals surface area contributed by atoms with Crippen LogP contribution in [0.3, 0.4) is 0 Å². The van der Waals surface area contributed by atoms with E-state index in [0.29, 0.717) is 11.3 Å². The van der Waals surface area contributed by atoms with Gasteiger partial charge in [0.2, 0.25) is 0 Å². The van der Waals surface area contributed by atoms with Crippen molar-refractivity contribution in [3.8, 4) is 0 Å². The fourth-order valence-corrected chi connectivity index (χ4v) is 0.563. The van der Waals surface area contributed by atoms with Crippen LogP contribution in [-0.4, -0.2) is 16.2 Å². The van der Waals surface area contributed by atoms with Crippen molar-refractivity contribution < 1.29 is 5.11 Å². The van der Waals surface area contributed by atoms with E-state index in [-0.39, 0.29) is 5.76 Å². The smallest absolute Gasteiger partial charge is 0.148 e. The summed E-state index contributed by atoms with van der Waals surface area (Å²) in [4.78, 5) is 4.25. The lowest BCUT2D eigenvalue weighted by atomic mass is 10.2. The van der Waals surface area contributed by atoms with E-state index in [1.807, 2.05) is 0 Å². The van der Waals surface area contributed by atoms with Crippen LogP contribution >= 0.6 is 12.2 Å². The molecule has 1 aliphatic heterocycles. The average molecular weight is 127 g/mol. The molecule has 0 aromatic carbocycles. The third-order valence-electron chi connectivity index (χ3n) is 0.865. The maximum atomic E-state index is 8.78. The monoisotopic (exact) mass is 127 g/mol. The van der Waals surface area contributed by atoms with Gasteiger partial charge in [0, 0.05) is 12.6 Å². The number of thiocarbonyl (C=S) groups is 1. The number of hydrogen-bond donors (Lipinski definition) is 1. The summed E-state index contributed by atoms with van der Waals surface area (Å²) in [7, 11) is 0. The topological polar surface area (TPSA) is 32.6 Å². The summed E-state index contributed by atoms with van der Waals surface area (Å²) in [5, 5.41) is 8.78. The Morgan fingerprint density at radius 1 is 1.75 bits per heavy atom. The van der Waals surface area contributed by atoms with Crippen LogP contribution in [0.1, 0.15) is 6.42 Å². The largest absolute Gasteiger partial charge is 0.505 e. The maximum Gasteiger partial charge on any atom is 0.148 e. The van der Waals surface area contributed by atoms with Crippen LogP contribution in [0.25, 0.3) is 0 Å². The molecule has 0 aromatic rings. The van der Waals surface area contributed by atoms with Crippen molar-refractivity contribution in [2.75, 3.05) is 0 Å². The molecule has 1 heterocycles. The highest BCUT2D eigenvalue weighted by Crippen LogP contribution is 2.01. The third-order valence-corrected chi connectivity index (χ3v) is 1.24. The van der Waals surface area contributed by atoms with Crippen LogP contribution in [0.4, 0.5) is 0 Å². The molecule has 1 aliphatic rings. The molecule has 0 spiro atoms.